The lowest BCUT2D eigenvalue weighted by Gasteiger charge is -2.17. The molecule has 1 aromatic rings. The molecule has 1 fully saturated rings. The van der Waals surface area contributed by atoms with Crippen LogP contribution in [-0.4, -0.2) is 20.8 Å². The van der Waals surface area contributed by atoms with Gasteiger partial charge in [-0.05, 0) is 18.9 Å². The predicted octanol–water partition coefficient (Wildman–Crippen LogP) is 3.46. The Hall–Kier alpha value is -1.60. The zero-order chi connectivity index (χ0) is 13.9. The van der Waals surface area contributed by atoms with Crippen molar-refractivity contribution in [3.8, 4) is 17.6 Å². The summed E-state index contributed by atoms with van der Waals surface area (Å²) in [6.07, 6.45) is 2.78. The van der Waals surface area contributed by atoms with Crippen LogP contribution in [0.15, 0.2) is 12.1 Å². The number of anilines is 1. The van der Waals surface area contributed by atoms with Crippen molar-refractivity contribution in [2.45, 2.75) is 19.3 Å². The van der Waals surface area contributed by atoms with E-state index in [9.17, 15) is 0 Å². The quantitative estimate of drug-likeness (QED) is 0.867. The second-order valence-corrected chi connectivity index (χ2v) is 5.28. The van der Waals surface area contributed by atoms with E-state index in [0.717, 1.165) is 25.1 Å². The smallest absolute Gasteiger partial charge is 0.145 e. The molecule has 0 atom stereocenters. The summed E-state index contributed by atoms with van der Waals surface area (Å²) >= 11 is 6.11. The summed E-state index contributed by atoms with van der Waals surface area (Å²) in [6.45, 7) is 0.763. The lowest BCUT2D eigenvalue weighted by Crippen LogP contribution is -2.15. The van der Waals surface area contributed by atoms with E-state index in [4.69, 9.17) is 26.3 Å². The van der Waals surface area contributed by atoms with E-state index in [1.165, 1.54) is 0 Å². The Morgan fingerprint density at radius 3 is 2.53 bits per heavy atom. The molecule has 0 saturated heterocycles. The molecule has 0 heterocycles. The van der Waals surface area contributed by atoms with E-state index in [-0.39, 0.29) is 5.41 Å². The molecular weight excluding hydrogens is 264 g/mol. The number of methoxy groups -OCH3 is 2. The van der Waals surface area contributed by atoms with Crippen molar-refractivity contribution in [1.29, 1.82) is 5.26 Å². The van der Waals surface area contributed by atoms with Gasteiger partial charge < -0.3 is 14.8 Å². The zero-order valence-corrected chi connectivity index (χ0v) is 11.9. The fourth-order valence-electron chi connectivity index (χ4n) is 2.04. The number of ether oxygens (including phenoxy) is 2. The number of rotatable bonds is 6. The maximum absolute atomic E-state index is 8.81. The average molecular weight is 281 g/mol. The Kier molecular flexibility index (Phi) is 4.06. The molecule has 19 heavy (non-hydrogen) atoms. The highest BCUT2D eigenvalue weighted by Crippen LogP contribution is 2.49. The van der Waals surface area contributed by atoms with Gasteiger partial charge in [0.1, 0.15) is 11.5 Å². The van der Waals surface area contributed by atoms with Crippen LogP contribution in [0.25, 0.3) is 0 Å². The summed E-state index contributed by atoms with van der Waals surface area (Å²) in [5, 5.41) is 12.7. The Bertz CT molecular complexity index is 507. The van der Waals surface area contributed by atoms with Crippen LogP contribution >= 0.6 is 11.6 Å². The van der Waals surface area contributed by atoms with Gasteiger partial charge in [0.15, 0.2) is 0 Å². The fraction of sp³-hybridized carbons (Fsp3) is 0.500. The highest BCUT2D eigenvalue weighted by Gasteiger charge is 2.42. The van der Waals surface area contributed by atoms with Gasteiger partial charge in [-0.1, -0.05) is 11.6 Å². The van der Waals surface area contributed by atoms with Crippen LogP contribution in [0, 0.1) is 16.7 Å². The van der Waals surface area contributed by atoms with E-state index >= 15 is 0 Å². The van der Waals surface area contributed by atoms with Gasteiger partial charge in [0, 0.05) is 24.4 Å². The number of nitriles is 1. The number of halogens is 1. The first-order valence-corrected chi connectivity index (χ1v) is 6.54. The normalized spacial score (nSPS) is 15.5. The van der Waals surface area contributed by atoms with Crippen LogP contribution in [0.5, 0.6) is 11.5 Å². The first-order chi connectivity index (χ1) is 9.14. The zero-order valence-electron chi connectivity index (χ0n) is 11.1. The molecule has 1 saturated carbocycles. The minimum absolute atomic E-state index is 0.131. The second kappa shape index (κ2) is 5.58. The molecule has 1 aliphatic carbocycles. The molecule has 0 aromatic heterocycles. The molecule has 5 heteroatoms. The Balaban J connectivity index is 2.12. The van der Waals surface area contributed by atoms with Gasteiger partial charge in [0.05, 0.1) is 31.0 Å². The molecule has 1 aromatic carbocycles. The van der Waals surface area contributed by atoms with E-state index in [2.05, 4.69) is 11.4 Å². The largest absolute Gasteiger partial charge is 0.495 e. The lowest BCUT2D eigenvalue weighted by molar-refractivity contribution is 0.395. The van der Waals surface area contributed by atoms with E-state index in [1.807, 2.05) is 0 Å². The third-order valence-corrected chi connectivity index (χ3v) is 3.83. The second-order valence-electron chi connectivity index (χ2n) is 4.88. The lowest BCUT2D eigenvalue weighted by atomic mass is 10.0. The minimum Gasteiger partial charge on any atom is -0.495 e. The number of hydrogen-bond acceptors (Lipinski definition) is 4. The Morgan fingerprint density at radius 1 is 1.32 bits per heavy atom. The molecule has 0 amide bonds. The number of hydrogen-bond donors (Lipinski definition) is 1. The highest BCUT2D eigenvalue weighted by molar-refractivity contribution is 6.32. The summed E-state index contributed by atoms with van der Waals surface area (Å²) < 4.78 is 10.5. The van der Waals surface area contributed by atoms with E-state index in [0.29, 0.717) is 22.9 Å². The van der Waals surface area contributed by atoms with Crippen molar-refractivity contribution >= 4 is 17.3 Å². The van der Waals surface area contributed by atoms with Gasteiger partial charge in [-0.2, -0.15) is 5.26 Å². The standard InChI is InChI=1S/C14H17ClN2O2/c1-18-12-8-13(19-2)11(7-10(12)15)17-9-14(3-4-14)5-6-16/h7-8,17H,3-5,9H2,1-2H3. The van der Waals surface area contributed by atoms with Gasteiger partial charge in [-0.15, -0.1) is 0 Å². The highest BCUT2D eigenvalue weighted by atomic mass is 35.5. The van der Waals surface area contributed by atoms with Crippen molar-refractivity contribution in [3.63, 3.8) is 0 Å². The van der Waals surface area contributed by atoms with Gasteiger partial charge in [0.25, 0.3) is 0 Å². The molecule has 4 nitrogen and oxygen atoms in total. The fourth-order valence-corrected chi connectivity index (χ4v) is 2.28. The summed E-state index contributed by atoms with van der Waals surface area (Å²) in [7, 11) is 3.18. The molecule has 0 unspecified atom stereocenters. The first kappa shape index (κ1) is 13.8. The van der Waals surface area contributed by atoms with Gasteiger partial charge in [0.2, 0.25) is 0 Å². The SMILES string of the molecule is COc1cc(OC)c(NCC2(CC#N)CC2)cc1Cl. The van der Waals surface area contributed by atoms with Crippen molar-refractivity contribution in [3.05, 3.63) is 17.2 Å². The summed E-state index contributed by atoms with van der Waals surface area (Å²) in [5.74, 6) is 1.27. The summed E-state index contributed by atoms with van der Waals surface area (Å²) in [6, 6.07) is 5.80. The van der Waals surface area contributed by atoms with Crippen LogP contribution in [0.1, 0.15) is 19.3 Å². The van der Waals surface area contributed by atoms with Crippen LogP contribution in [0.2, 0.25) is 5.02 Å². The molecule has 102 valence electrons. The number of benzene rings is 1. The van der Waals surface area contributed by atoms with Crippen molar-refractivity contribution in [2.75, 3.05) is 26.1 Å². The summed E-state index contributed by atoms with van der Waals surface area (Å²) in [5.41, 5.74) is 0.962. The maximum atomic E-state index is 8.81. The van der Waals surface area contributed by atoms with E-state index < -0.39 is 0 Å². The molecule has 2 rings (SSSR count). The molecule has 1 aliphatic rings. The minimum atomic E-state index is 0.131. The third-order valence-electron chi connectivity index (χ3n) is 3.54. The van der Waals surface area contributed by atoms with Gasteiger partial charge in [-0.25, -0.2) is 0 Å². The summed E-state index contributed by atoms with van der Waals surface area (Å²) in [4.78, 5) is 0. The van der Waals surface area contributed by atoms with Crippen LogP contribution in [0.4, 0.5) is 5.69 Å². The molecule has 0 radical (unpaired) electrons. The van der Waals surface area contributed by atoms with Gasteiger partial charge in [-0.3, -0.25) is 0 Å². The van der Waals surface area contributed by atoms with Crippen molar-refractivity contribution in [2.24, 2.45) is 5.41 Å². The third kappa shape index (κ3) is 3.05. The molecule has 0 spiro atoms. The molecule has 1 N–H and O–H groups in total. The van der Waals surface area contributed by atoms with Crippen molar-refractivity contribution < 1.29 is 9.47 Å². The molecule has 0 bridgehead atoms. The van der Waals surface area contributed by atoms with Gasteiger partial charge >= 0.3 is 0 Å². The topological polar surface area (TPSA) is 54.3 Å². The monoisotopic (exact) mass is 280 g/mol. The van der Waals surface area contributed by atoms with Crippen LogP contribution in [0.3, 0.4) is 0 Å². The van der Waals surface area contributed by atoms with Crippen LogP contribution in [-0.2, 0) is 0 Å². The number of nitrogens with zero attached hydrogens (tertiary/aromatic N) is 1. The Labute approximate surface area is 118 Å². The molecule has 0 aliphatic heterocycles. The Morgan fingerprint density at radius 2 is 2.00 bits per heavy atom. The average Bonchev–Trinajstić information content (AvgIpc) is 3.17. The van der Waals surface area contributed by atoms with Crippen LogP contribution < -0.4 is 14.8 Å². The predicted molar refractivity (Wildman–Crippen MR) is 74.9 cm³/mol. The molecular formula is C14H17ClN2O2. The van der Waals surface area contributed by atoms with Crippen molar-refractivity contribution in [1.82, 2.24) is 0 Å². The number of nitrogens with one attached hydrogen (secondary N) is 1. The maximum Gasteiger partial charge on any atom is 0.145 e. The van der Waals surface area contributed by atoms with E-state index in [1.54, 1.807) is 26.4 Å². The first-order valence-electron chi connectivity index (χ1n) is 6.16.